The average Bonchev–Trinajstić information content (AvgIpc) is 2.93. The standard InChI is InChI=1S/C32H32F2N2O3/c1-22-26(10-6-11-28(22)24-8-4-3-5-9-24)20-38-27-15-14-25(19-35-16-17-36-23(2)37)32(18-27)39-21-29-30(33)12-7-13-31(29)34/h3-15,18,35H,16-17,19-21H2,1-2H3,(H,36,37). The molecule has 4 aromatic carbocycles. The number of hydrogen-bond acceptors (Lipinski definition) is 4. The predicted molar refractivity (Wildman–Crippen MR) is 148 cm³/mol. The molecule has 0 spiro atoms. The van der Waals surface area contributed by atoms with Crippen LogP contribution in [0.3, 0.4) is 0 Å². The van der Waals surface area contributed by atoms with Gasteiger partial charge < -0.3 is 20.1 Å². The van der Waals surface area contributed by atoms with Gasteiger partial charge in [0.15, 0.2) is 0 Å². The van der Waals surface area contributed by atoms with Gasteiger partial charge in [0, 0.05) is 38.2 Å². The molecule has 0 fully saturated rings. The van der Waals surface area contributed by atoms with Crippen LogP contribution in [-0.4, -0.2) is 19.0 Å². The molecular formula is C32H32F2N2O3. The molecule has 0 bridgehead atoms. The van der Waals surface area contributed by atoms with Gasteiger partial charge in [-0.1, -0.05) is 60.7 Å². The molecule has 7 heteroatoms. The molecule has 0 atom stereocenters. The molecule has 1 amide bonds. The zero-order valence-electron chi connectivity index (χ0n) is 22.1. The number of rotatable bonds is 12. The number of carbonyl (C=O) groups is 1. The highest BCUT2D eigenvalue weighted by Gasteiger charge is 2.13. The van der Waals surface area contributed by atoms with E-state index in [4.69, 9.17) is 9.47 Å². The molecule has 2 N–H and O–H groups in total. The Labute approximate surface area is 227 Å². The summed E-state index contributed by atoms with van der Waals surface area (Å²) in [5, 5.41) is 5.97. The van der Waals surface area contributed by atoms with E-state index in [0.717, 1.165) is 27.8 Å². The first-order valence-electron chi connectivity index (χ1n) is 12.8. The van der Waals surface area contributed by atoms with E-state index in [-0.39, 0.29) is 18.1 Å². The van der Waals surface area contributed by atoms with E-state index in [1.54, 1.807) is 6.07 Å². The summed E-state index contributed by atoms with van der Waals surface area (Å²) in [6.45, 7) is 5.10. The molecule has 39 heavy (non-hydrogen) atoms. The average molecular weight is 531 g/mol. The first-order chi connectivity index (χ1) is 18.9. The molecule has 0 aliphatic heterocycles. The van der Waals surface area contributed by atoms with Gasteiger partial charge in [-0.15, -0.1) is 0 Å². The van der Waals surface area contributed by atoms with Gasteiger partial charge in [-0.2, -0.15) is 0 Å². The minimum Gasteiger partial charge on any atom is -0.489 e. The van der Waals surface area contributed by atoms with Crippen LogP contribution < -0.4 is 20.1 Å². The number of carbonyl (C=O) groups excluding carboxylic acids is 1. The maximum absolute atomic E-state index is 14.2. The highest BCUT2D eigenvalue weighted by Crippen LogP contribution is 2.29. The normalized spacial score (nSPS) is 10.8. The highest BCUT2D eigenvalue weighted by molar-refractivity contribution is 5.72. The molecule has 0 aromatic heterocycles. The molecule has 202 valence electrons. The van der Waals surface area contributed by atoms with Gasteiger partial charge in [0.05, 0.1) is 5.56 Å². The Morgan fingerprint density at radius 1 is 0.795 bits per heavy atom. The van der Waals surface area contributed by atoms with Crippen molar-refractivity contribution in [2.45, 2.75) is 33.6 Å². The topological polar surface area (TPSA) is 59.6 Å². The van der Waals surface area contributed by atoms with Crippen molar-refractivity contribution in [1.82, 2.24) is 10.6 Å². The third-order valence-electron chi connectivity index (χ3n) is 6.39. The molecule has 0 saturated heterocycles. The fourth-order valence-corrected chi connectivity index (χ4v) is 4.21. The molecule has 0 aliphatic carbocycles. The minimum atomic E-state index is -0.661. The molecule has 0 aliphatic rings. The maximum atomic E-state index is 14.2. The lowest BCUT2D eigenvalue weighted by Gasteiger charge is -2.16. The summed E-state index contributed by atoms with van der Waals surface area (Å²) in [6, 6.07) is 25.5. The maximum Gasteiger partial charge on any atom is 0.216 e. The van der Waals surface area contributed by atoms with Crippen LogP contribution in [0.4, 0.5) is 8.78 Å². The first-order valence-corrected chi connectivity index (χ1v) is 12.8. The van der Waals surface area contributed by atoms with Crippen LogP contribution in [0.15, 0.2) is 84.9 Å². The van der Waals surface area contributed by atoms with Gasteiger partial charge in [0.1, 0.15) is 36.3 Å². The van der Waals surface area contributed by atoms with Crippen molar-refractivity contribution in [2.24, 2.45) is 0 Å². The summed E-state index contributed by atoms with van der Waals surface area (Å²) >= 11 is 0. The van der Waals surface area contributed by atoms with Crippen molar-refractivity contribution in [2.75, 3.05) is 13.1 Å². The minimum absolute atomic E-state index is 0.0984. The molecule has 0 unspecified atom stereocenters. The van der Waals surface area contributed by atoms with Crippen LogP contribution in [0.25, 0.3) is 11.1 Å². The SMILES string of the molecule is CC(=O)NCCNCc1ccc(OCc2cccc(-c3ccccc3)c2C)cc1OCc1c(F)cccc1F. The highest BCUT2D eigenvalue weighted by atomic mass is 19.1. The zero-order valence-corrected chi connectivity index (χ0v) is 22.1. The summed E-state index contributed by atoms with van der Waals surface area (Å²) in [5.41, 5.74) is 5.13. The molecule has 0 heterocycles. The molecule has 5 nitrogen and oxygen atoms in total. The molecular weight excluding hydrogens is 498 g/mol. The summed E-state index contributed by atoms with van der Waals surface area (Å²) in [4.78, 5) is 11.1. The van der Waals surface area contributed by atoms with Crippen LogP contribution in [0.1, 0.15) is 29.2 Å². The van der Waals surface area contributed by atoms with Gasteiger partial charge in [0.2, 0.25) is 5.91 Å². The largest absolute Gasteiger partial charge is 0.489 e. The lowest BCUT2D eigenvalue weighted by atomic mass is 9.97. The Bertz CT molecular complexity index is 1390. The summed E-state index contributed by atoms with van der Waals surface area (Å²) in [6.07, 6.45) is 0. The van der Waals surface area contributed by atoms with E-state index < -0.39 is 11.6 Å². The Morgan fingerprint density at radius 3 is 2.28 bits per heavy atom. The van der Waals surface area contributed by atoms with Crippen molar-refractivity contribution in [3.63, 3.8) is 0 Å². The number of amides is 1. The predicted octanol–water partition coefficient (Wildman–Crippen LogP) is 6.32. The summed E-state index contributed by atoms with van der Waals surface area (Å²) < 4.78 is 40.4. The number of halogens is 2. The summed E-state index contributed by atoms with van der Waals surface area (Å²) in [5.74, 6) is -0.390. The quantitative estimate of drug-likeness (QED) is 0.210. The molecule has 0 radical (unpaired) electrons. The van der Waals surface area contributed by atoms with Crippen molar-refractivity contribution in [1.29, 1.82) is 0 Å². The van der Waals surface area contributed by atoms with Crippen molar-refractivity contribution >= 4 is 5.91 Å². The van der Waals surface area contributed by atoms with Gasteiger partial charge in [-0.25, -0.2) is 8.78 Å². The molecule has 0 saturated carbocycles. The Morgan fingerprint density at radius 2 is 1.54 bits per heavy atom. The lowest BCUT2D eigenvalue weighted by Crippen LogP contribution is -2.30. The van der Waals surface area contributed by atoms with Crippen molar-refractivity contribution in [3.05, 3.63) is 119 Å². The zero-order chi connectivity index (χ0) is 27.6. The molecule has 4 aromatic rings. The Kier molecular flexibility index (Phi) is 9.64. The van der Waals surface area contributed by atoms with E-state index in [1.807, 2.05) is 42.5 Å². The smallest absolute Gasteiger partial charge is 0.216 e. The second kappa shape index (κ2) is 13.5. The number of nitrogens with one attached hydrogen (secondary N) is 2. The second-order valence-corrected chi connectivity index (χ2v) is 9.16. The Balaban J connectivity index is 1.49. The van der Waals surface area contributed by atoms with Gasteiger partial charge in [0.25, 0.3) is 0 Å². The van der Waals surface area contributed by atoms with Crippen LogP contribution >= 0.6 is 0 Å². The van der Waals surface area contributed by atoms with E-state index in [9.17, 15) is 13.6 Å². The fourth-order valence-electron chi connectivity index (χ4n) is 4.21. The monoisotopic (exact) mass is 530 g/mol. The van der Waals surface area contributed by atoms with Gasteiger partial charge in [-0.3, -0.25) is 4.79 Å². The van der Waals surface area contributed by atoms with Crippen LogP contribution in [0.2, 0.25) is 0 Å². The van der Waals surface area contributed by atoms with E-state index in [1.165, 1.54) is 25.1 Å². The first kappa shape index (κ1) is 27.8. The third kappa shape index (κ3) is 7.65. The molecule has 4 rings (SSSR count). The Hall–Kier alpha value is -4.23. The number of benzene rings is 4. The van der Waals surface area contributed by atoms with E-state index in [0.29, 0.717) is 37.7 Å². The van der Waals surface area contributed by atoms with Crippen LogP contribution in [0.5, 0.6) is 11.5 Å². The third-order valence-corrected chi connectivity index (χ3v) is 6.39. The van der Waals surface area contributed by atoms with E-state index in [2.05, 4.69) is 35.8 Å². The summed E-state index contributed by atoms with van der Waals surface area (Å²) in [7, 11) is 0. The van der Waals surface area contributed by atoms with Gasteiger partial charge >= 0.3 is 0 Å². The van der Waals surface area contributed by atoms with Crippen LogP contribution in [-0.2, 0) is 24.6 Å². The van der Waals surface area contributed by atoms with Crippen molar-refractivity contribution in [3.8, 4) is 22.6 Å². The lowest BCUT2D eigenvalue weighted by molar-refractivity contribution is -0.118. The fraction of sp³-hybridized carbons (Fsp3) is 0.219. The second-order valence-electron chi connectivity index (χ2n) is 9.16. The van der Waals surface area contributed by atoms with Crippen molar-refractivity contribution < 1.29 is 23.0 Å². The number of ether oxygens (including phenoxy) is 2. The number of hydrogen-bond donors (Lipinski definition) is 2. The van der Waals surface area contributed by atoms with E-state index >= 15 is 0 Å². The van der Waals surface area contributed by atoms with Gasteiger partial charge in [-0.05, 0) is 47.4 Å². The van der Waals surface area contributed by atoms with Crippen LogP contribution in [0, 0.1) is 18.6 Å².